The Labute approximate surface area is 114 Å². The summed E-state index contributed by atoms with van der Waals surface area (Å²) in [5.74, 6) is -0.939. The Bertz CT molecular complexity index is 783. The van der Waals surface area contributed by atoms with E-state index in [1.54, 1.807) is 12.1 Å². The van der Waals surface area contributed by atoms with Crippen LogP contribution in [0.1, 0.15) is 23.1 Å². The normalized spacial score (nSPS) is 12.8. The minimum atomic E-state index is -0.801. The van der Waals surface area contributed by atoms with Crippen molar-refractivity contribution in [1.82, 2.24) is 4.98 Å². The SMILES string of the molecule is Cc1ccc2oc(C(N)c3ccc(F)cc3F)cc2n1. The van der Waals surface area contributed by atoms with Gasteiger partial charge < -0.3 is 10.2 Å². The van der Waals surface area contributed by atoms with E-state index in [1.807, 2.05) is 13.0 Å². The van der Waals surface area contributed by atoms with Gasteiger partial charge in [0.1, 0.15) is 22.9 Å². The Morgan fingerprint density at radius 1 is 1.15 bits per heavy atom. The smallest absolute Gasteiger partial charge is 0.152 e. The minimum Gasteiger partial charge on any atom is -0.457 e. The lowest BCUT2D eigenvalue weighted by atomic mass is 10.0. The number of fused-ring (bicyclic) bond motifs is 1. The van der Waals surface area contributed by atoms with Crippen molar-refractivity contribution < 1.29 is 13.2 Å². The average molecular weight is 274 g/mol. The van der Waals surface area contributed by atoms with Crippen molar-refractivity contribution >= 4 is 11.1 Å². The second-order valence-electron chi connectivity index (χ2n) is 4.63. The molecule has 3 aromatic rings. The quantitative estimate of drug-likeness (QED) is 0.778. The van der Waals surface area contributed by atoms with Crippen LogP contribution in [0.4, 0.5) is 8.78 Å². The second-order valence-corrected chi connectivity index (χ2v) is 4.63. The Morgan fingerprint density at radius 3 is 2.70 bits per heavy atom. The van der Waals surface area contributed by atoms with E-state index in [4.69, 9.17) is 10.2 Å². The van der Waals surface area contributed by atoms with Gasteiger partial charge in [-0.3, -0.25) is 0 Å². The third-order valence-corrected chi connectivity index (χ3v) is 3.14. The highest BCUT2D eigenvalue weighted by atomic mass is 19.1. The topological polar surface area (TPSA) is 52.0 Å². The molecule has 2 N–H and O–H groups in total. The van der Waals surface area contributed by atoms with Gasteiger partial charge in [0, 0.05) is 23.4 Å². The number of hydrogen-bond acceptors (Lipinski definition) is 3. The van der Waals surface area contributed by atoms with Crippen LogP contribution in [-0.2, 0) is 0 Å². The van der Waals surface area contributed by atoms with Crippen molar-refractivity contribution in [1.29, 1.82) is 0 Å². The van der Waals surface area contributed by atoms with Crippen LogP contribution in [0.15, 0.2) is 40.8 Å². The molecule has 20 heavy (non-hydrogen) atoms. The second kappa shape index (κ2) is 4.68. The van der Waals surface area contributed by atoms with Gasteiger partial charge in [-0.05, 0) is 25.1 Å². The van der Waals surface area contributed by atoms with Gasteiger partial charge >= 0.3 is 0 Å². The predicted molar refractivity (Wildman–Crippen MR) is 71.1 cm³/mol. The number of aromatic nitrogens is 1. The van der Waals surface area contributed by atoms with E-state index >= 15 is 0 Å². The first-order valence-electron chi connectivity index (χ1n) is 6.12. The molecule has 0 amide bonds. The van der Waals surface area contributed by atoms with Gasteiger partial charge in [0.15, 0.2) is 5.58 Å². The zero-order valence-corrected chi connectivity index (χ0v) is 10.7. The minimum absolute atomic E-state index is 0.183. The predicted octanol–water partition coefficient (Wildman–Crippen LogP) is 3.46. The van der Waals surface area contributed by atoms with Gasteiger partial charge in [-0.15, -0.1) is 0 Å². The molecule has 1 aromatic carbocycles. The summed E-state index contributed by atoms with van der Waals surface area (Å²) in [6.45, 7) is 1.87. The van der Waals surface area contributed by atoms with Crippen LogP contribution in [0.25, 0.3) is 11.1 Å². The number of furan rings is 1. The maximum absolute atomic E-state index is 13.7. The largest absolute Gasteiger partial charge is 0.457 e. The van der Waals surface area contributed by atoms with Crippen molar-refractivity contribution in [2.45, 2.75) is 13.0 Å². The number of hydrogen-bond donors (Lipinski definition) is 1. The number of rotatable bonds is 2. The standard InChI is InChI=1S/C15H12F2N2O/c1-8-2-5-13-12(19-8)7-14(20-13)15(18)10-4-3-9(16)6-11(10)17/h2-7,15H,18H2,1H3. The van der Waals surface area contributed by atoms with Crippen molar-refractivity contribution in [2.24, 2.45) is 5.73 Å². The average Bonchev–Trinajstić information content (AvgIpc) is 2.81. The molecule has 3 nitrogen and oxygen atoms in total. The Kier molecular flexibility index (Phi) is 2.99. The van der Waals surface area contributed by atoms with E-state index in [1.165, 1.54) is 12.1 Å². The summed E-state index contributed by atoms with van der Waals surface area (Å²) in [6.07, 6.45) is 0. The fourth-order valence-corrected chi connectivity index (χ4v) is 2.11. The summed E-state index contributed by atoms with van der Waals surface area (Å²) in [5.41, 5.74) is 8.27. The van der Waals surface area contributed by atoms with Crippen LogP contribution in [0.2, 0.25) is 0 Å². The fraction of sp³-hybridized carbons (Fsp3) is 0.133. The molecule has 1 atom stereocenters. The van der Waals surface area contributed by atoms with Crippen LogP contribution in [0, 0.1) is 18.6 Å². The number of halogens is 2. The van der Waals surface area contributed by atoms with Gasteiger partial charge in [0.05, 0.1) is 6.04 Å². The third kappa shape index (κ3) is 2.16. The molecule has 0 fully saturated rings. The molecule has 0 spiro atoms. The van der Waals surface area contributed by atoms with E-state index in [0.717, 1.165) is 11.8 Å². The molecule has 0 saturated heterocycles. The molecule has 0 radical (unpaired) electrons. The molecule has 0 aliphatic rings. The highest BCUT2D eigenvalue weighted by Crippen LogP contribution is 2.27. The Morgan fingerprint density at radius 2 is 1.95 bits per heavy atom. The van der Waals surface area contributed by atoms with Crippen LogP contribution in [0.5, 0.6) is 0 Å². The van der Waals surface area contributed by atoms with E-state index in [2.05, 4.69) is 4.98 Å². The first-order valence-corrected chi connectivity index (χ1v) is 6.12. The zero-order chi connectivity index (χ0) is 14.3. The highest BCUT2D eigenvalue weighted by molar-refractivity contribution is 5.73. The van der Waals surface area contributed by atoms with Gasteiger partial charge in [-0.1, -0.05) is 6.07 Å². The van der Waals surface area contributed by atoms with Crippen molar-refractivity contribution in [2.75, 3.05) is 0 Å². The first kappa shape index (κ1) is 12.7. The molecule has 2 heterocycles. The zero-order valence-electron chi connectivity index (χ0n) is 10.7. The molecule has 3 rings (SSSR count). The van der Waals surface area contributed by atoms with Crippen molar-refractivity contribution in [3.05, 3.63) is 65.1 Å². The Hall–Kier alpha value is -2.27. The summed E-state index contributed by atoms with van der Waals surface area (Å²) in [7, 11) is 0. The van der Waals surface area contributed by atoms with Crippen molar-refractivity contribution in [3.63, 3.8) is 0 Å². The van der Waals surface area contributed by atoms with Crippen LogP contribution >= 0.6 is 0 Å². The summed E-state index contributed by atoms with van der Waals surface area (Å²) >= 11 is 0. The number of pyridine rings is 1. The van der Waals surface area contributed by atoms with E-state index in [0.29, 0.717) is 16.9 Å². The molecule has 0 bridgehead atoms. The summed E-state index contributed by atoms with van der Waals surface area (Å²) in [4.78, 5) is 4.31. The Balaban J connectivity index is 2.05. The molecular formula is C15H12F2N2O. The molecular weight excluding hydrogens is 262 g/mol. The monoisotopic (exact) mass is 274 g/mol. The number of benzene rings is 1. The fourth-order valence-electron chi connectivity index (χ4n) is 2.11. The first-order chi connectivity index (χ1) is 9.54. The van der Waals surface area contributed by atoms with Gasteiger partial charge in [0.25, 0.3) is 0 Å². The number of aryl methyl sites for hydroxylation is 1. The maximum atomic E-state index is 13.7. The highest BCUT2D eigenvalue weighted by Gasteiger charge is 2.18. The van der Waals surface area contributed by atoms with Crippen molar-refractivity contribution in [3.8, 4) is 0 Å². The van der Waals surface area contributed by atoms with Crippen LogP contribution in [-0.4, -0.2) is 4.98 Å². The maximum Gasteiger partial charge on any atom is 0.152 e. The van der Waals surface area contributed by atoms with Gasteiger partial charge in [-0.2, -0.15) is 0 Å². The molecule has 2 aromatic heterocycles. The van der Waals surface area contributed by atoms with Crippen LogP contribution in [0.3, 0.4) is 0 Å². The number of nitrogens with zero attached hydrogens (tertiary/aromatic N) is 1. The molecule has 0 aliphatic carbocycles. The molecule has 1 unspecified atom stereocenters. The van der Waals surface area contributed by atoms with E-state index < -0.39 is 17.7 Å². The van der Waals surface area contributed by atoms with Gasteiger partial charge in [0.2, 0.25) is 0 Å². The summed E-state index contributed by atoms with van der Waals surface area (Å²) in [6, 6.07) is 7.78. The number of nitrogens with two attached hydrogens (primary N) is 1. The van der Waals surface area contributed by atoms with Gasteiger partial charge in [-0.25, -0.2) is 13.8 Å². The molecule has 0 aliphatic heterocycles. The molecule has 5 heteroatoms. The third-order valence-electron chi connectivity index (χ3n) is 3.14. The lowest BCUT2D eigenvalue weighted by Gasteiger charge is -2.09. The molecule has 0 saturated carbocycles. The molecule has 102 valence electrons. The van der Waals surface area contributed by atoms with E-state index in [9.17, 15) is 8.78 Å². The summed E-state index contributed by atoms with van der Waals surface area (Å²) in [5, 5.41) is 0. The van der Waals surface area contributed by atoms with E-state index in [-0.39, 0.29) is 5.56 Å². The lowest BCUT2D eigenvalue weighted by molar-refractivity contribution is 0.506. The van der Waals surface area contributed by atoms with Crippen LogP contribution < -0.4 is 5.73 Å². The summed E-state index contributed by atoms with van der Waals surface area (Å²) < 4.78 is 32.2. The lowest BCUT2D eigenvalue weighted by Crippen LogP contribution is -2.12.